The van der Waals surface area contributed by atoms with Crippen molar-refractivity contribution in [3.05, 3.63) is 53.2 Å². The van der Waals surface area contributed by atoms with Crippen LogP contribution in [0, 0.1) is 5.82 Å². The van der Waals surface area contributed by atoms with Crippen molar-refractivity contribution in [1.29, 1.82) is 0 Å². The van der Waals surface area contributed by atoms with Gasteiger partial charge in [-0.05, 0) is 24.3 Å². The van der Waals surface area contributed by atoms with Gasteiger partial charge in [0.15, 0.2) is 5.96 Å². The number of nitrogens with two attached hydrogens (primary N) is 1. The van der Waals surface area contributed by atoms with E-state index in [0.29, 0.717) is 40.2 Å². The molecular weight excluding hydrogens is 395 g/mol. The Hall–Kier alpha value is -3.33. The Morgan fingerprint density at radius 2 is 1.79 bits per heavy atom. The predicted octanol–water partition coefficient (Wildman–Crippen LogP) is 3.71. The average molecular weight is 416 g/mol. The number of benzene rings is 2. The van der Waals surface area contributed by atoms with E-state index >= 15 is 0 Å². The van der Waals surface area contributed by atoms with Crippen LogP contribution in [-0.4, -0.2) is 32.3 Å². The van der Waals surface area contributed by atoms with Gasteiger partial charge in [-0.1, -0.05) is 6.07 Å². The monoisotopic (exact) mass is 416 g/mol. The van der Waals surface area contributed by atoms with Gasteiger partial charge in [-0.25, -0.2) is 9.37 Å². The fraction of sp³-hybridized carbons (Fsp3) is 0.200. The van der Waals surface area contributed by atoms with Gasteiger partial charge in [-0.2, -0.15) is 4.99 Å². The number of rotatable bonds is 7. The van der Waals surface area contributed by atoms with Crippen molar-refractivity contribution >= 4 is 22.4 Å². The third-order valence-electron chi connectivity index (χ3n) is 4.12. The summed E-state index contributed by atoms with van der Waals surface area (Å²) in [6, 6.07) is 9.82. The molecule has 0 bridgehead atoms. The smallest absolute Gasteiger partial charge is 0.212 e. The number of halogens is 1. The number of nitrogens with zero attached hydrogens (tertiary/aromatic N) is 2. The van der Waals surface area contributed by atoms with Crippen molar-refractivity contribution in [1.82, 2.24) is 10.3 Å². The van der Waals surface area contributed by atoms with Gasteiger partial charge in [0.1, 0.15) is 23.1 Å². The minimum absolute atomic E-state index is 0.199. The van der Waals surface area contributed by atoms with Crippen LogP contribution in [0.1, 0.15) is 5.56 Å². The Bertz CT molecular complexity index is 1000. The second-order valence-corrected chi connectivity index (χ2v) is 6.69. The maximum atomic E-state index is 13.4. The lowest BCUT2D eigenvalue weighted by atomic mass is 10.1. The second kappa shape index (κ2) is 9.24. The molecule has 0 amide bonds. The number of aliphatic imine (C=N–C) groups is 1. The molecule has 0 spiro atoms. The van der Waals surface area contributed by atoms with Crippen LogP contribution < -0.4 is 25.3 Å². The van der Waals surface area contributed by atoms with Gasteiger partial charge in [-0.15, -0.1) is 11.3 Å². The van der Waals surface area contributed by atoms with Crippen LogP contribution >= 0.6 is 11.3 Å². The van der Waals surface area contributed by atoms with Gasteiger partial charge in [-0.3, -0.25) is 0 Å². The predicted molar refractivity (Wildman–Crippen MR) is 112 cm³/mol. The molecule has 2 aromatic carbocycles. The van der Waals surface area contributed by atoms with Crippen LogP contribution in [-0.2, 0) is 6.54 Å². The van der Waals surface area contributed by atoms with E-state index in [-0.39, 0.29) is 11.8 Å². The van der Waals surface area contributed by atoms with Crippen LogP contribution in [0.4, 0.5) is 9.52 Å². The molecule has 0 aliphatic heterocycles. The topological polar surface area (TPSA) is 91.0 Å². The summed E-state index contributed by atoms with van der Waals surface area (Å²) in [6.07, 6.45) is 0. The number of thiazole rings is 1. The summed E-state index contributed by atoms with van der Waals surface area (Å²) in [4.78, 5) is 8.74. The average Bonchev–Trinajstić information content (AvgIpc) is 3.19. The Balaban J connectivity index is 1.76. The summed E-state index contributed by atoms with van der Waals surface area (Å²) in [5.41, 5.74) is 8.14. The van der Waals surface area contributed by atoms with E-state index in [1.165, 1.54) is 30.6 Å². The molecule has 0 aliphatic rings. The summed E-state index contributed by atoms with van der Waals surface area (Å²) in [5.74, 6) is 1.60. The minimum atomic E-state index is -0.376. The number of nitrogens with one attached hydrogen (secondary N) is 1. The molecular formula is C20H21FN4O3S. The standard InChI is InChI=1S/C20H21FN4O3S/c1-26-16-5-4-6-17(27-2)14(16)10-23-19(22)25-20-24-15(11-29-20)13-8-7-12(21)9-18(13)28-3/h4-9,11H,10H2,1-3H3,(H3,22,23,24,25). The Kier molecular flexibility index (Phi) is 6.50. The lowest BCUT2D eigenvalue weighted by Gasteiger charge is -2.13. The number of methoxy groups -OCH3 is 3. The third kappa shape index (κ3) is 4.75. The van der Waals surface area contributed by atoms with E-state index in [1.807, 2.05) is 23.6 Å². The number of hydrogen-bond donors (Lipinski definition) is 2. The molecule has 1 heterocycles. The summed E-state index contributed by atoms with van der Waals surface area (Å²) < 4.78 is 29.4. The van der Waals surface area contributed by atoms with E-state index in [9.17, 15) is 4.39 Å². The first-order valence-electron chi connectivity index (χ1n) is 8.63. The Morgan fingerprint density at radius 3 is 2.45 bits per heavy atom. The van der Waals surface area contributed by atoms with Gasteiger partial charge >= 0.3 is 0 Å². The van der Waals surface area contributed by atoms with E-state index in [2.05, 4.69) is 15.3 Å². The van der Waals surface area contributed by atoms with Gasteiger partial charge in [0.05, 0.1) is 39.1 Å². The van der Waals surface area contributed by atoms with Crippen LogP contribution in [0.5, 0.6) is 17.2 Å². The number of guanidine groups is 1. The molecule has 3 N–H and O–H groups in total. The van der Waals surface area contributed by atoms with Gasteiger partial charge in [0.2, 0.25) is 5.13 Å². The van der Waals surface area contributed by atoms with Crippen molar-refractivity contribution in [2.24, 2.45) is 10.7 Å². The van der Waals surface area contributed by atoms with Crippen molar-refractivity contribution in [3.63, 3.8) is 0 Å². The highest BCUT2D eigenvalue weighted by atomic mass is 32.1. The highest BCUT2D eigenvalue weighted by molar-refractivity contribution is 7.13. The van der Waals surface area contributed by atoms with Gasteiger partial charge in [0.25, 0.3) is 0 Å². The molecule has 0 fully saturated rings. The first-order valence-corrected chi connectivity index (χ1v) is 9.51. The molecule has 1 aromatic heterocycles. The summed E-state index contributed by atoms with van der Waals surface area (Å²) in [6.45, 7) is 0.368. The lowest BCUT2D eigenvalue weighted by molar-refractivity contribution is 0.384. The number of ether oxygens (including phenoxy) is 3. The van der Waals surface area contributed by atoms with E-state index in [4.69, 9.17) is 19.9 Å². The maximum Gasteiger partial charge on any atom is 0.212 e. The molecule has 3 rings (SSSR count). The lowest BCUT2D eigenvalue weighted by Crippen LogP contribution is -2.31. The molecule has 29 heavy (non-hydrogen) atoms. The second-order valence-electron chi connectivity index (χ2n) is 5.85. The molecule has 9 heteroatoms. The van der Waals surface area contributed by atoms with E-state index < -0.39 is 0 Å². The van der Waals surface area contributed by atoms with Gasteiger partial charge in [0, 0.05) is 17.0 Å². The zero-order valence-electron chi connectivity index (χ0n) is 16.2. The van der Waals surface area contributed by atoms with Crippen LogP contribution in [0.3, 0.4) is 0 Å². The van der Waals surface area contributed by atoms with Crippen LogP contribution in [0.2, 0.25) is 0 Å². The molecule has 0 radical (unpaired) electrons. The van der Waals surface area contributed by atoms with Crippen LogP contribution in [0.15, 0.2) is 46.8 Å². The van der Waals surface area contributed by atoms with E-state index in [1.54, 1.807) is 20.3 Å². The number of aromatic nitrogens is 1. The van der Waals surface area contributed by atoms with Gasteiger partial charge < -0.3 is 25.3 Å². The zero-order chi connectivity index (χ0) is 20.8. The fourth-order valence-electron chi connectivity index (χ4n) is 2.74. The summed E-state index contributed by atoms with van der Waals surface area (Å²) in [7, 11) is 4.67. The zero-order valence-corrected chi connectivity index (χ0v) is 17.0. The van der Waals surface area contributed by atoms with Crippen molar-refractivity contribution < 1.29 is 18.6 Å². The Labute approximate surface area is 172 Å². The maximum absolute atomic E-state index is 13.4. The first kappa shape index (κ1) is 20.4. The van der Waals surface area contributed by atoms with Crippen molar-refractivity contribution in [2.45, 2.75) is 6.54 Å². The molecule has 0 saturated heterocycles. The summed E-state index contributed by atoms with van der Waals surface area (Å²) >= 11 is 1.32. The van der Waals surface area contributed by atoms with Crippen LogP contribution in [0.25, 0.3) is 11.3 Å². The largest absolute Gasteiger partial charge is 0.496 e. The molecule has 0 aliphatic carbocycles. The normalized spacial score (nSPS) is 11.2. The van der Waals surface area contributed by atoms with E-state index in [0.717, 1.165) is 5.56 Å². The molecule has 3 aromatic rings. The third-order valence-corrected chi connectivity index (χ3v) is 4.86. The minimum Gasteiger partial charge on any atom is -0.496 e. The SMILES string of the molecule is COc1cc(F)ccc1-c1csc(N=C(N)NCc2c(OC)cccc2OC)n1. The van der Waals surface area contributed by atoms with Crippen molar-refractivity contribution in [2.75, 3.05) is 21.3 Å². The molecule has 0 atom stereocenters. The fourth-order valence-corrected chi connectivity index (χ4v) is 3.44. The highest BCUT2D eigenvalue weighted by Crippen LogP contribution is 2.33. The molecule has 0 unspecified atom stereocenters. The van der Waals surface area contributed by atoms with Crippen molar-refractivity contribution in [3.8, 4) is 28.5 Å². The quantitative estimate of drug-likeness (QED) is 0.451. The summed E-state index contributed by atoms with van der Waals surface area (Å²) in [5, 5.41) is 5.31. The molecule has 152 valence electrons. The first-order chi connectivity index (χ1) is 14.0. The molecule has 0 saturated carbocycles. The molecule has 7 nitrogen and oxygen atoms in total. The highest BCUT2D eigenvalue weighted by Gasteiger charge is 2.12. The number of hydrogen-bond acceptors (Lipinski definition) is 6. The Morgan fingerprint density at radius 1 is 1.10 bits per heavy atom.